The van der Waals surface area contributed by atoms with Crippen molar-refractivity contribution in [1.29, 1.82) is 0 Å². The fourth-order valence-corrected chi connectivity index (χ4v) is 1.79. The van der Waals surface area contributed by atoms with Crippen molar-refractivity contribution in [3.05, 3.63) is 0 Å². The quantitative estimate of drug-likeness (QED) is 0.529. The molecule has 2 aliphatic heterocycles. The standard InChI is InChI=1S/C7H11NO3/c9-6(10)5-1-11-4-7(5)2-8-3-7/h5,8H,1-4H2,(H,9,10). The van der Waals surface area contributed by atoms with Gasteiger partial charge in [-0.2, -0.15) is 0 Å². The number of carboxylic acid groups (broad SMARTS) is 1. The Bertz CT molecular complexity index is 188. The van der Waals surface area contributed by atoms with Crippen LogP contribution in [0, 0.1) is 11.3 Å². The van der Waals surface area contributed by atoms with Crippen LogP contribution in [0.5, 0.6) is 0 Å². The van der Waals surface area contributed by atoms with Crippen LogP contribution >= 0.6 is 0 Å². The summed E-state index contributed by atoms with van der Waals surface area (Å²) >= 11 is 0. The monoisotopic (exact) mass is 157 g/mol. The second-order valence-corrected chi connectivity index (χ2v) is 3.37. The van der Waals surface area contributed by atoms with Gasteiger partial charge in [0.25, 0.3) is 0 Å². The number of aliphatic carboxylic acids is 1. The molecule has 2 heterocycles. The van der Waals surface area contributed by atoms with Gasteiger partial charge in [0, 0.05) is 18.5 Å². The number of hydrogen-bond acceptors (Lipinski definition) is 3. The predicted octanol–water partition coefficient (Wildman–Crippen LogP) is -0.693. The molecule has 0 saturated carbocycles. The number of ether oxygens (including phenoxy) is 1. The lowest BCUT2D eigenvalue weighted by molar-refractivity contribution is -0.146. The van der Waals surface area contributed by atoms with E-state index in [9.17, 15) is 4.79 Å². The number of carboxylic acids is 1. The van der Waals surface area contributed by atoms with Crippen LogP contribution in [0.15, 0.2) is 0 Å². The molecule has 1 unspecified atom stereocenters. The molecule has 0 radical (unpaired) electrons. The van der Waals surface area contributed by atoms with Gasteiger partial charge in [-0.1, -0.05) is 0 Å². The zero-order chi connectivity index (χ0) is 7.90. The third-order valence-electron chi connectivity index (χ3n) is 2.67. The highest BCUT2D eigenvalue weighted by atomic mass is 16.5. The predicted molar refractivity (Wildman–Crippen MR) is 37.2 cm³/mol. The van der Waals surface area contributed by atoms with Gasteiger partial charge < -0.3 is 15.2 Å². The molecule has 4 nitrogen and oxygen atoms in total. The lowest BCUT2D eigenvalue weighted by atomic mass is 9.73. The van der Waals surface area contributed by atoms with Crippen molar-refractivity contribution in [2.75, 3.05) is 26.3 Å². The molecule has 0 aromatic rings. The highest BCUT2D eigenvalue weighted by Crippen LogP contribution is 2.37. The summed E-state index contributed by atoms with van der Waals surface area (Å²) in [5.74, 6) is -1.01. The Balaban J connectivity index is 2.13. The maximum absolute atomic E-state index is 10.7. The second kappa shape index (κ2) is 2.19. The van der Waals surface area contributed by atoms with Crippen molar-refractivity contribution >= 4 is 5.97 Å². The van der Waals surface area contributed by atoms with Crippen LogP contribution in [0.3, 0.4) is 0 Å². The molecule has 2 saturated heterocycles. The highest BCUT2D eigenvalue weighted by molar-refractivity contribution is 5.72. The largest absolute Gasteiger partial charge is 0.481 e. The van der Waals surface area contributed by atoms with Crippen LogP contribution in [-0.2, 0) is 9.53 Å². The number of rotatable bonds is 1. The normalized spacial score (nSPS) is 33.6. The van der Waals surface area contributed by atoms with Gasteiger partial charge in [-0.25, -0.2) is 0 Å². The fourth-order valence-electron chi connectivity index (χ4n) is 1.79. The summed E-state index contributed by atoms with van der Waals surface area (Å²) in [4.78, 5) is 10.7. The lowest BCUT2D eigenvalue weighted by Crippen LogP contribution is -2.59. The van der Waals surface area contributed by atoms with E-state index >= 15 is 0 Å². The Morgan fingerprint density at radius 2 is 2.36 bits per heavy atom. The molecule has 2 aliphatic rings. The Kier molecular flexibility index (Phi) is 1.40. The second-order valence-electron chi connectivity index (χ2n) is 3.37. The molecule has 0 aliphatic carbocycles. The van der Waals surface area contributed by atoms with Crippen molar-refractivity contribution in [2.24, 2.45) is 11.3 Å². The number of hydrogen-bond donors (Lipinski definition) is 2. The molecule has 0 aromatic carbocycles. The summed E-state index contributed by atoms with van der Waals surface area (Å²) in [6.07, 6.45) is 0. The molecular formula is C7H11NO3. The minimum absolute atomic E-state index is 0.0775. The van der Waals surface area contributed by atoms with Crippen LogP contribution in [0.25, 0.3) is 0 Å². The van der Waals surface area contributed by atoms with Gasteiger partial charge in [0.05, 0.1) is 19.1 Å². The first kappa shape index (κ1) is 7.06. The SMILES string of the molecule is O=C(O)C1COCC12CNC2. The summed E-state index contributed by atoms with van der Waals surface area (Å²) < 4.78 is 5.16. The van der Waals surface area contributed by atoms with E-state index in [0.717, 1.165) is 13.1 Å². The highest BCUT2D eigenvalue weighted by Gasteiger charge is 2.51. The first-order valence-electron chi connectivity index (χ1n) is 3.76. The van der Waals surface area contributed by atoms with E-state index in [-0.39, 0.29) is 11.3 Å². The molecule has 2 N–H and O–H groups in total. The van der Waals surface area contributed by atoms with Gasteiger partial charge in [-0.3, -0.25) is 4.79 Å². The Morgan fingerprint density at radius 1 is 1.64 bits per heavy atom. The third kappa shape index (κ3) is 0.862. The van der Waals surface area contributed by atoms with E-state index in [1.807, 2.05) is 0 Å². The Labute approximate surface area is 64.5 Å². The van der Waals surface area contributed by atoms with Gasteiger partial charge in [-0.05, 0) is 0 Å². The molecule has 11 heavy (non-hydrogen) atoms. The van der Waals surface area contributed by atoms with E-state index in [1.165, 1.54) is 0 Å². The van der Waals surface area contributed by atoms with Crippen LogP contribution in [-0.4, -0.2) is 37.4 Å². The molecule has 0 amide bonds. The van der Waals surface area contributed by atoms with Gasteiger partial charge >= 0.3 is 5.97 Å². The fraction of sp³-hybridized carbons (Fsp3) is 0.857. The topological polar surface area (TPSA) is 58.6 Å². The summed E-state index contributed by atoms with van der Waals surface area (Å²) in [6.45, 7) is 2.59. The minimum atomic E-state index is -0.719. The average Bonchev–Trinajstić information content (AvgIpc) is 2.27. The molecule has 62 valence electrons. The first-order chi connectivity index (χ1) is 5.25. The van der Waals surface area contributed by atoms with Crippen molar-refractivity contribution in [2.45, 2.75) is 0 Å². The maximum Gasteiger partial charge on any atom is 0.309 e. The van der Waals surface area contributed by atoms with Crippen molar-refractivity contribution in [1.82, 2.24) is 5.32 Å². The zero-order valence-electron chi connectivity index (χ0n) is 6.17. The van der Waals surface area contributed by atoms with Crippen molar-refractivity contribution < 1.29 is 14.6 Å². The molecule has 2 rings (SSSR count). The Morgan fingerprint density at radius 3 is 2.73 bits per heavy atom. The summed E-state index contributed by atoms with van der Waals surface area (Å²) in [5, 5.41) is 11.9. The van der Waals surface area contributed by atoms with E-state index in [0.29, 0.717) is 13.2 Å². The maximum atomic E-state index is 10.7. The van der Waals surface area contributed by atoms with Crippen molar-refractivity contribution in [3.8, 4) is 0 Å². The van der Waals surface area contributed by atoms with E-state index in [4.69, 9.17) is 9.84 Å². The molecule has 4 heteroatoms. The van der Waals surface area contributed by atoms with Gasteiger partial charge in [0.2, 0.25) is 0 Å². The van der Waals surface area contributed by atoms with Gasteiger partial charge in [-0.15, -0.1) is 0 Å². The molecule has 0 aromatic heterocycles. The van der Waals surface area contributed by atoms with Crippen LogP contribution in [0.4, 0.5) is 0 Å². The average molecular weight is 157 g/mol. The minimum Gasteiger partial charge on any atom is -0.481 e. The summed E-state index contributed by atoms with van der Waals surface area (Å²) in [7, 11) is 0. The smallest absolute Gasteiger partial charge is 0.309 e. The van der Waals surface area contributed by atoms with Crippen LogP contribution < -0.4 is 5.32 Å². The first-order valence-corrected chi connectivity index (χ1v) is 3.76. The molecular weight excluding hydrogens is 146 g/mol. The molecule has 1 spiro atoms. The van der Waals surface area contributed by atoms with E-state index in [2.05, 4.69) is 5.32 Å². The van der Waals surface area contributed by atoms with Crippen molar-refractivity contribution in [3.63, 3.8) is 0 Å². The van der Waals surface area contributed by atoms with E-state index < -0.39 is 5.97 Å². The van der Waals surface area contributed by atoms with Gasteiger partial charge in [0.15, 0.2) is 0 Å². The summed E-state index contributed by atoms with van der Waals surface area (Å²) in [5.41, 5.74) is -0.0775. The van der Waals surface area contributed by atoms with Crippen LogP contribution in [0.1, 0.15) is 0 Å². The zero-order valence-corrected chi connectivity index (χ0v) is 6.17. The van der Waals surface area contributed by atoms with Crippen LogP contribution in [0.2, 0.25) is 0 Å². The Hall–Kier alpha value is -0.610. The molecule has 0 bridgehead atoms. The number of nitrogens with one attached hydrogen (secondary N) is 1. The summed E-state index contributed by atoms with van der Waals surface area (Å²) in [6, 6.07) is 0. The lowest BCUT2D eigenvalue weighted by Gasteiger charge is -2.40. The molecule has 1 atom stereocenters. The molecule has 2 fully saturated rings. The van der Waals surface area contributed by atoms with E-state index in [1.54, 1.807) is 0 Å². The number of carbonyl (C=O) groups is 1. The van der Waals surface area contributed by atoms with Gasteiger partial charge in [0.1, 0.15) is 0 Å². The third-order valence-corrected chi connectivity index (χ3v) is 2.67.